The first-order valence-electron chi connectivity index (χ1n) is 2.67. The highest BCUT2D eigenvalue weighted by atomic mass is 35.5. The van der Waals surface area contributed by atoms with E-state index in [1.165, 1.54) is 0 Å². The molecule has 0 heterocycles. The first kappa shape index (κ1) is 7.93. The van der Waals surface area contributed by atoms with Crippen LogP contribution in [0.5, 0.6) is 0 Å². The summed E-state index contributed by atoms with van der Waals surface area (Å²) in [6.07, 6.45) is 0. The van der Waals surface area contributed by atoms with Crippen molar-refractivity contribution in [2.45, 2.75) is 0 Å². The Labute approximate surface area is 69.9 Å². The monoisotopic (exact) mass is 173 g/mol. The molecule has 0 fully saturated rings. The molecule has 1 aromatic rings. The first-order valence-corrected chi connectivity index (χ1v) is 3.42. The summed E-state index contributed by atoms with van der Waals surface area (Å²) >= 11 is 11.3. The van der Waals surface area contributed by atoms with E-state index >= 15 is 0 Å². The van der Waals surface area contributed by atoms with Crippen LogP contribution in [-0.2, 0) is 0 Å². The van der Waals surface area contributed by atoms with Crippen molar-refractivity contribution in [1.82, 2.24) is 0 Å². The van der Waals surface area contributed by atoms with Gasteiger partial charge in [0.1, 0.15) is 0 Å². The molecule has 1 aromatic carbocycles. The average Bonchev–Trinajstić information content (AvgIpc) is 1.88. The van der Waals surface area contributed by atoms with Crippen molar-refractivity contribution < 1.29 is 5.02 Å². The first-order chi connectivity index (χ1) is 4.75. The molecule has 1 nitrogen and oxygen atoms in total. The van der Waals surface area contributed by atoms with Crippen LogP contribution < -0.4 is 5.46 Å². The number of benzene rings is 1. The fourth-order valence-corrected chi connectivity index (χ4v) is 1.13. The van der Waals surface area contributed by atoms with Crippen molar-refractivity contribution in [3.63, 3.8) is 0 Å². The highest BCUT2D eigenvalue weighted by molar-refractivity contribution is 6.57. The number of rotatable bonds is 1. The zero-order chi connectivity index (χ0) is 7.56. The maximum Gasteiger partial charge on any atom is 0.329 e. The maximum atomic E-state index is 8.61. The molecule has 0 saturated heterocycles. The average molecular weight is 174 g/mol. The van der Waals surface area contributed by atoms with Crippen LogP contribution in [0.15, 0.2) is 18.2 Å². The highest BCUT2D eigenvalue weighted by Gasteiger charge is 2.03. The summed E-state index contributed by atoms with van der Waals surface area (Å²) in [5, 5.41) is 9.51. The Morgan fingerprint density at radius 3 is 2.00 bits per heavy atom. The molecular weight excluding hydrogens is 170 g/mol. The van der Waals surface area contributed by atoms with E-state index < -0.39 is 0 Å². The molecule has 0 aliphatic rings. The van der Waals surface area contributed by atoms with Gasteiger partial charge in [-0.1, -0.05) is 29.3 Å². The van der Waals surface area contributed by atoms with E-state index in [1.807, 2.05) is 0 Å². The molecule has 1 rings (SSSR count). The van der Waals surface area contributed by atoms with Crippen molar-refractivity contribution in [3.8, 4) is 0 Å². The second-order valence-electron chi connectivity index (χ2n) is 1.76. The normalized spacial score (nSPS) is 9.50. The molecule has 1 N–H and O–H groups in total. The minimum Gasteiger partial charge on any atom is -0.450 e. The van der Waals surface area contributed by atoms with Gasteiger partial charge in [0, 0.05) is 10.0 Å². The third-order valence-corrected chi connectivity index (χ3v) is 1.79. The molecule has 0 atom stereocenters. The third-order valence-electron chi connectivity index (χ3n) is 1.13. The Hall–Kier alpha value is -0.175. The van der Waals surface area contributed by atoms with Crippen molar-refractivity contribution >= 4 is 36.1 Å². The van der Waals surface area contributed by atoms with Gasteiger partial charge in [-0.2, -0.15) is 0 Å². The van der Waals surface area contributed by atoms with Crippen LogP contribution >= 0.6 is 23.2 Å². The molecule has 0 amide bonds. The minimum atomic E-state index is 0.454. The fraction of sp³-hybridized carbons (Fsp3) is 0. The summed E-state index contributed by atoms with van der Waals surface area (Å²) in [6, 6.07) is 5.04. The van der Waals surface area contributed by atoms with Gasteiger partial charge < -0.3 is 5.02 Å². The summed E-state index contributed by atoms with van der Waals surface area (Å²) in [5.41, 5.74) is 0.464. The quantitative estimate of drug-likeness (QED) is 0.634. The zero-order valence-electron chi connectivity index (χ0n) is 5.01. The zero-order valence-corrected chi connectivity index (χ0v) is 6.52. The van der Waals surface area contributed by atoms with Crippen LogP contribution in [0.25, 0.3) is 0 Å². The predicted octanol–water partition coefficient (Wildman–Crippen LogP) is 1.23. The smallest absolute Gasteiger partial charge is 0.329 e. The van der Waals surface area contributed by atoms with Crippen LogP contribution in [0.4, 0.5) is 0 Å². The van der Waals surface area contributed by atoms with Gasteiger partial charge in [0.2, 0.25) is 0 Å². The van der Waals surface area contributed by atoms with Crippen LogP contribution in [0.1, 0.15) is 0 Å². The van der Waals surface area contributed by atoms with Crippen LogP contribution in [-0.4, -0.2) is 12.5 Å². The topological polar surface area (TPSA) is 20.2 Å². The van der Waals surface area contributed by atoms with Gasteiger partial charge in [-0.15, -0.1) is 0 Å². The lowest BCUT2D eigenvalue weighted by Gasteiger charge is -1.99. The summed E-state index contributed by atoms with van der Waals surface area (Å²) in [4.78, 5) is 0. The van der Waals surface area contributed by atoms with E-state index in [4.69, 9.17) is 28.2 Å². The van der Waals surface area contributed by atoms with E-state index in [0.29, 0.717) is 15.5 Å². The van der Waals surface area contributed by atoms with Gasteiger partial charge in [-0.3, -0.25) is 0 Å². The van der Waals surface area contributed by atoms with E-state index in [2.05, 4.69) is 0 Å². The summed E-state index contributed by atoms with van der Waals surface area (Å²) in [5.74, 6) is 0. The van der Waals surface area contributed by atoms with E-state index in [1.54, 1.807) is 18.2 Å². The molecule has 0 bridgehead atoms. The third kappa shape index (κ3) is 1.46. The van der Waals surface area contributed by atoms with Gasteiger partial charge in [0.25, 0.3) is 0 Å². The van der Waals surface area contributed by atoms with Gasteiger partial charge >= 0.3 is 7.48 Å². The lowest BCUT2D eigenvalue weighted by Crippen LogP contribution is -2.15. The molecular formula is C6H4BCl2O. The second-order valence-corrected chi connectivity index (χ2v) is 2.58. The van der Waals surface area contributed by atoms with Gasteiger partial charge in [0.15, 0.2) is 0 Å². The van der Waals surface area contributed by atoms with Crippen molar-refractivity contribution in [3.05, 3.63) is 28.2 Å². The molecule has 0 aliphatic heterocycles. The Bertz CT molecular complexity index is 219. The van der Waals surface area contributed by atoms with Crippen LogP contribution in [0.3, 0.4) is 0 Å². The van der Waals surface area contributed by atoms with Crippen LogP contribution in [0.2, 0.25) is 10.0 Å². The SMILES string of the molecule is O[B]c1c(Cl)cccc1Cl. The number of hydrogen-bond acceptors (Lipinski definition) is 1. The molecule has 4 heteroatoms. The van der Waals surface area contributed by atoms with Gasteiger partial charge in [-0.25, -0.2) is 0 Å². The van der Waals surface area contributed by atoms with E-state index in [0.717, 1.165) is 7.48 Å². The standard InChI is InChI=1S/C6H4BCl2O/c8-4-2-1-3-5(9)6(4)7-10/h1-3,10H. The second kappa shape index (κ2) is 3.29. The highest BCUT2D eigenvalue weighted by Crippen LogP contribution is 2.11. The predicted molar refractivity (Wildman–Crippen MR) is 44.1 cm³/mol. The number of hydrogen-bond donors (Lipinski definition) is 1. The molecule has 0 unspecified atom stereocenters. The lowest BCUT2D eigenvalue weighted by molar-refractivity contribution is 0.615. The number of halogens is 2. The lowest BCUT2D eigenvalue weighted by atomic mass is 9.89. The Kier molecular flexibility index (Phi) is 2.60. The maximum absolute atomic E-state index is 8.61. The molecule has 0 aliphatic carbocycles. The molecule has 51 valence electrons. The Morgan fingerprint density at radius 1 is 1.20 bits per heavy atom. The molecule has 1 radical (unpaired) electrons. The fourth-order valence-electron chi connectivity index (χ4n) is 0.634. The van der Waals surface area contributed by atoms with Crippen LogP contribution in [0, 0.1) is 0 Å². The largest absolute Gasteiger partial charge is 0.450 e. The summed E-state index contributed by atoms with van der Waals surface area (Å²) in [6.45, 7) is 0. The van der Waals surface area contributed by atoms with Crippen molar-refractivity contribution in [2.75, 3.05) is 0 Å². The summed E-state index contributed by atoms with van der Waals surface area (Å²) in [7, 11) is 0.894. The molecule has 10 heavy (non-hydrogen) atoms. The Morgan fingerprint density at radius 2 is 1.70 bits per heavy atom. The summed E-state index contributed by atoms with van der Waals surface area (Å²) < 4.78 is 0. The Balaban J connectivity index is 3.17. The van der Waals surface area contributed by atoms with Crippen molar-refractivity contribution in [2.24, 2.45) is 0 Å². The molecule has 0 aromatic heterocycles. The van der Waals surface area contributed by atoms with E-state index in [-0.39, 0.29) is 0 Å². The van der Waals surface area contributed by atoms with Gasteiger partial charge in [0.05, 0.1) is 0 Å². The minimum absolute atomic E-state index is 0.454. The van der Waals surface area contributed by atoms with Crippen molar-refractivity contribution in [1.29, 1.82) is 0 Å². The van der Waals surface area contributed by atoms with E-state index in [9.17, 15) is 0 Å². The molecule has 0 spiro atoms. The van der Waals surface area contributed by atoms with Gasteiger partial charge in [-0.05, 0) is 17.6 Å². The molecule has 0 saturated carbocycles.